The van der Waals surface area contributed by atoms with Crippen LogP contribution >= 0.6 is 0 Å². The normalized spacial score (nSPS) is 25.1. The Morgan fingerprint density at radius 3 is 2.65 bits per heavy atom. The highest BCUT2D eigenvalue weighted by Crippen LogP contribution is 2.30. The largest absolute Gasteiger partial charge is 0.307 e. The minimum absolute atomic E-state index is 0.0362. The highest BCUT2D eigenvalue weighted by molar-refractivity contribution is 5.41. The lowest BCUT2D eigenvalue weighted by atomic mass is 9.81. The summed E-state index contributed by atoms with van der Waals surface area (Å²) in [4.78, 5) is 10.6. The van der Waals surface area contributed by atoms with E-state index in [1.807, 2.05) is 19.1 Å². The van der Waals surface area contributed by atoms with Gasteiger partial charge in [0, 0.05) is 23.7 Å². The van der Waals surface area contributed by atoms with Gasteiger partial charge in [0.25, 0.3) is 5.69 Å². The number of nitro groups is 1. The fraction of sp³-hybridized carbons (Fsp3) is 0.538. The summed E-state index contributed by atoms with van der Waals surface area (Å²) in [6.07, 6.45) is 2.34. The fourth-order valence-corrected chi connectivity index (χ4v) is 2.50. The number of nitrogens with zero attached hydrogens (tertiary/aromatic N) is 1. The lowest BCUT2D eigenvalue weighted by molar-refractivity contribution is -0.385. The van der Waals surface area contributed by atoms with Gasteiger partial charge in [-0.05, 0) is 25.7 Å². The van der Waals surface area contributed by atoms with Gasteiger partial charge < -0.3 is 5.32 Å². The molecule has 1 atom stereocenters. The van der Waals surface area contributed by atoms with Crippen molar-refractivity contribution in [1.29, 1.82) is 0 Å². The van der Waals surface area contributed by atoms with Crippen molar-refractivity contribution in [3.63, 3.8) is 0 Å². The first-order valence-electron chi connectivity index (χ1n) is 6.07. The second kappa shape index (κ2) is 4.84. The maximum absolute atomic E-state index is 10.9. The lowest BCUT2D eigenvalue weighted by Gasteiger charge is -2.35. The molecule has 0 heterocycles. The molecule has 0 amide bonds. The van der Waals surface area contributed by atoms with Crippen LogP contribution in [0.15, 0.2) is 24.3 Å². The van der Waals surface area contributed by atoms with Gasteiger partial charge in [-0.2, -0.15) is 0 Å². The third-order valence-corrected chi connectivity index (χ3v) is 3.46. The van der Waals surface area contributed by atoms with E-state index in [1.54, 1.807) is 12.1 Å². The Kier molecular flexibility index (Phi) is 3.43. The SMILES string of the molecule is CC1CC(NC(C)c2ccccc2[N+](=O)[O-])C1. The van der Waals surface area contributed by atoms with E-state index >= 15 is 0 Å². The van der Waals surface area contributed by atoms with Gasteiger partial charge in [-0.3, -0.25) is 10.1 Å². The van der Waals surface area contributed by atoms with Gasteiger partial charge >= 0.3 is 0 Å². The van der Waals surface area contributed by atoms with E-state index in [9.17, 15) is 10.1 Å². The van der Waals surface area contributed by atoms with Crippen LogP contribution in [-0.2, 0) is 0 Å². The number of rotatable bonds is 4. The second-order valence-corrected chi connectivity index (χ2v) is 4.98. The van der Waals surface area contributed by atoms with Crippen LogP contribution in [0.4, 0.5) is 5.69 Å². The number of nitrogens with one attached hydrogen (secondary N) is 1. The minimum atomic E-state index is -0.309. The summed E-state index contributed by atoms with van der Waals surface area (Å²) in [5, 5.41) is 14.4. The van der Waals surface area contributed by atoms with Gasteiger partial charge in [-0.15, -0.1) is 0 Å². The molecule has 1 aromatic carbocycles. The van der Waals surface area contributed by atoms with Crippen molar-refractivity contribution in [2.45, 2.75) is 38.8 Å². The molecule has 0 radical (unpaired) electrons. The van der Waals surface area contributed by atoms with Crippen molar-refractivity contribution >= 4 is 5.69 Å². The monoisotopic (exact) mass is 234 g/mol. The molecule has 0 bridgehead atoms. The lowest BCUT2D eigenvalue weighted by Crippen LogP contribution is -2.41. The molecule has 0 saturated heterocycles. The molecule has 1 fully saturated rings. The van der Waals surface area contributed by atoms with Crippen molar-refractivity contribution in [1.82, 2.24) is 5.32 Å². The number of benzene rings is 1. The molecule has 0 aromatic heterocycles. The number of para-hydroxylation sites is 1. The van der Waals surface area contributed by atoms with Gasteiger partial charge in [0.05, 0.1) is 4.92 Å². The van der Waals surface area contributed by atoms with Gasteiger partial charge in [0.15, 0.2) is 0 Å². The maximum Gasteiger partial charge on any atom is 0.274 e. The molecule has 0 spiro atoms. The van der Waals surface area contributed by atoms with Crippen molar-refractivity contribution in [2.24, 2.45) is 5.92 Å². The van der Waals surface area contributed by atoms with Crippen LogP contribution in [0.3, 0.4) is 0 Å². The van der Waals surface area contributed by atoms with E-state index in [4.69, 9.17) is 0 Å². The number of hydrogen-bond donors (Lipinski definition) is 1. The van der Waals surface area contributed by atoms with Crippen LogP contribution in [0.1, 0.15) is 38.3 Å². The fourth-order valence-electron chi connectivity index (χ4n) is 2.50. The summed E-state index contributed by atoms with van der Waals surface area (Å²) in [6, 6.07) is 7.51. The predicted octanol–water partition coefficient (Wildman–Crippen LogP) is 3.04. The Labute approximate surface area is 101 Å². The highest BCUT2D eigenvalue weighted by atomic mass is 16.6. The Morgan fingerprint density at radius 1 is 1.41 bits per heavy atom. The van der Waals surface area contributed by atoms with Crippen LogP contribution < -0.4 is 5.32 Å². The van der Waals surface area contributed by atoms with E-state index in [0.29, 0.717) is 6.04 Å². The van der Waals surface area contributed by atoms with Gasteiger partial charge in [0.2, 0.25) is 0 Å². The van der Waals surface area contributed by atoms with Gasteiger partial charge in [-0.1, -0.05) is 25.1 Å². The van der Waals surface area contributed by atoms with Crippen molar-refractivity contribution in [3.8, 4) is 0 Å². The predicted molar refractivity (Wildman–Crippen MR) is 66.8 cm³/mol. The van der Waals surface area contributed by atoms with Crippen LogP contribution in [0.25, 0.3) is 0 Å². The zero-order valence-corrected chi connectivity index (χ0v) is 10.2. The number of hydrogen-bond acceptors (Lipinski definition) is 3. The van der Waals surface area contributed by atoms with E-state index in [-0.39, 0.29) is 16.7 Å². The van der Waals surface area contributed by atoms with Crippen molar-refractivity contribution in [3.05, 3.63) is 39.9 Å². The molecule has 1 saturated carbocycles. The zero-order chi connectivity index (χ0) is 12.4. The molecule has 4 heteroatoms. The third kappa shape index (κ3) is 2.64. The molecule has 1 aliphatic rings. The van der Waals surface area contributed by atoms with E-state index in [2.05, 4.69) is 12.2 Å². The van der Waals surface area contributed by atoms with Crippen LogP contribution in [0.5, 0.6) is 0 Å². The molecular weight excluding hydrogens is 216 g/mol. The van der Waals surface area contributed by atoms with Crippen LogP contribution in [0.2, 0.25) is 0 Å². The minimum Gasteiger partial charge on any atom is -0.307 e. The summed E-state index contributed by atoms with van der Waals surface area (Å²) >= 11 is 0. The van der Waals surface area contributed by atoms with Crippen molar-refractivity contribution < 1.29 is 4.92 Å². The zero-order valence-electron chi connectivity index (χ0n) is 10.2. The molecular formula is C13H18N2O2. The van der Waals surface area contributed by atoms with Crippen LogP contribution in [-0.4, -0.2) is 11.0 Å². The van der Waals surface area contributed by atoms with Gasteiger partial charge in [0.1, 0.15) is 0 Å². The average molecular weight is 234 g/mol. The Hall–Kier alpha value is -1.42. The Morgan fingerprint density at radius 2 is 2.06 bits per heavy atom. The third-order valence-electron chi connectivity index (χ3n) is 3.46. The first kappa shape index (κ1) is 12.0. The smallest absolute Gasteiger partial charge is 0.274 e. The Balaban J connectivity index is 2.08. The molecule has 4 nitrogen and oxygen atoms in total. The Bertz CT molecular complexity index is 414. The summed E-state index contributed by atoms with van der Waals surface area (Å²) in [6.45, 7) is 4.22. The molecule has 0 aliphatic heterocycles. The molecule has 1 aromatic rings. The summed E-state index contributed by atoms with van der Waals surface area (Å²) in [5.41, 5.74) is 0.983. The summed E-state index contributed by atoms with van der Waals surface area (Å²) in [5.74, 6) is 0.783. The standard InChI is InChI=1S/C13H18N2O2/c1-9-7-11(8-9)14-10(2)12-5-3-4-6-13(12)15(16)17/h3-6,9-11,14H,7-8H2,1-2H3. The van der Waals surface area contributed by atoms with E-state index in [0.717, 1.165) is 11.5 Å². The summed E-state index contributed by atoms with van der Waals surface area (Å²) < 4.78 is 0. The maximum atomic E-state index is 10.9. The van der Waals surface area contributed by atoms with E-state index < -0.39 is 0 Å². The molecule has 1 aliphatic carbocycles. The highest BCUT2D eigenvalue weighted by Gasteiger charge is 2.28. The quantitative estimate of drug-likeness (QED) is 0.643. The molecule has 1 unspecified atom stereocenters. The van der Waals surface area contributed by atoms with Gasteiger partial charge in [-0.25, -0.2) is 0 Å². The van der Waals surface area contributed by atoms with Crippen LogP contribution in [0, 0.1) is 16.0 Å². The molecule has 1 N–H and O–H groups in total. The molecule has 2 rings (SSSR count). The first-order valence-corrected chi connectivity index (χ1v) is 6.07. The molecule has 17 heavy (non-hydrogen) atoms. The first-order chi connectivity index (χ1) is 8.08. The van der Waals surface area contributed by atoms with Crippen molar-refractivity contribution in [2.75, 3.05) is 0 Å². The second-order valence-electron chi connectivity index (χ2n) is 4.98. The average Bonchev–Trinajstić information content (AvgIpc) is 2.27. The summed E-state index contributed by atoms with van der Waals surface area (Å²) in [7, 11) is 0. The number of nitro benzene ring substituents is 1. The molecule has 92 valence electrons. The van der Waals surface area contributed by atoms with E-state index in [1.165, 1.54) is 12.8 Å². The topological polar surface area (TPSA) is 55.2 Å².